The minimum absolute atomic E-state index is 0.137. The van der Waals surface area contributed by atoms with Crippen LogP contribution >= 0.6 is 35.3 Å². The summed E-state index contributed by atoms with van der Waals surface area (Å²) in [6.07, 6.45) is 2.51. The Kier molecular flexibility index (Phi) is 6.21. The molecule has 5 nitrogen and oxygen atoms in total. The molecule has 0 radical (unpaired) electrons. The van der Waals surface area contributed by atoms with Gasteiger partial charge in [0.25, 0.3) is 5.91 Å². The van der Waals surface area contributed by atoms with E-state index in [-0.39, 0.29) is 24.1 Å². The topological polar surface area (TPSA) is 62.3 Å². The van der Waals surface area contributed by atoms with Crippen LogP contribution in [0.25, 0.3) is 16.3 Å². The summed E-state index contributed by atoms with van der Waals surface area (Å²) in [6.45, 7) is 0.370. The second-order valence-electron chi connectivity index (χ2n) is 6.53. The van der Waals surface area contributed by atoms with Crippen LogP contribution in [0.1, 0.15) is 18.4 Å². The summed E-state index contributed by atoms with van der Waals surface area (Å²) in [6, 6.07) is 13.9. The first-order valence-electron chi connectivity index (χ1n) is 9.16. The summed E-state index contributed by atoms with van der Waals surface area (Å²) in [5, 5.41) is 3.16. The monoisotopic (exact) mass is 457 g/mol. The number of anilines is 1. The number of amides is 2. The van der Waals surface area contributed by atoms with E-state index in [2.05, 4.69) is 10.3 Å². The van der Waals surface area contributed by atoms with Crippen molar-refractivity contribution in [1.82, 2.24) is 9.88 Å². The predicted molar refractivity (Wildman–Crippen MR) is 124 cm³/mol. The highest BCUT2D eigenvalue weighted by Crippen LogP contribution is 2.32. The number of thiocarbonyl (C=S) groups is 1. The SMILES string of the molecule is O=C(CCCN1C(=O)/C(=C/c2ccccc2)SC1=S)Nc1nc2ccc(F)cc2s1. The third-order valence-electron chi connectivity index (χ3n) is 4.35. The van der Waals surface area contributed by atoms with Crippen LogP contribution in [0.2, 0.25) is 0 Å². The molecule has 0 saturated carbocycles. The maximum absolute atomic E-state index is 13.3. The third kappa shape index (κ3) is 4.75. The van der Waals surface area contributed by atoms with Crippen molar-refractivity contribution in [1.29, 1.82) is 0 Å². The van der Waals surface area contributed by atoms with Crippen LogP contribution in [0.5, 0.6) is 0 Å². The molecule has 9 heteroatoms. The third-order valence-corrected chi connectivity index (χ3v) is 6.66. The molecule has 2 aromatic carbocycles. The molecular formula is C21H16FN3O2S3. The van der Waals surface area contributed by atoms with Crippen LogP contribution in [0.3, 0.4) is 0 Å². The van der Waals surface area contributed by atoms with Crippen molar-refractivity contribution in [2.24, 2.45) is 0 Å². The van der Waals surface area contributed by atoms with Crippen LogP contribution in [-0.2, 0) is 9.59 Å². The van der Waals surface area contributed by atoms with E-state index in [0.29, 0.717) is 37.5 Å². The largest absolute Gasteiger partial charge is 0.302 e. The lowest BCUT2D eigenvalue weighted by Crippen LogP contribution is -2.29. The van der Waals surface area contributed by atoms with Gasteiger partial charge in [-0.3, -0.25) is 14.5 Å². The lowest BCUT2D eigenvalue weighted by atomic mass is 10.2. The van der Waals surface area contributed by atoms with Crippen LogP contribution in [0.4, 0.5) is 9.52 Å². The highest BCUT2D eigenvalue weighted by molar-refractivity contribution is 8.26. The number of hydrogen-bond donors (Lipinski definition) is 1. The Balaban J connectivity index is 1.31. The van der Waals surface area contributed by atoms with E-state index < -0.39 is 0 Å². The molecule has 1 aromatic heterocycles. The molecule has 1 aliphatic heterocycles. The minimum atomic E-state index is -0.339. The van der Waals surface area contributed by atoms with Crippen molar-refractivity contribution in [3.63, 3.8) is 0 Å². The van der Waals surface area contributed by atoms with Crippen molar-refractivity contribution >= 4 is 72.9 Å². The van der Waals surface area contributed by atoms with Crippen molar-refractivity contribution in [3.05, 3.63) is 64.8 Å². The molecule has 0 aliphatic carbocycles. The number of benzene rings is 2. The number of hydrogen-bond acceptors (Lipinski definition) is 6. The molecule has 2 heterocycles. The van der Waals surface area contributed by atoms with E-state index in [1.807, 2.05) is 36.4 Å². The molecule has 4 rings (SSSR count). The van der Waals surface area contributed by atoms with Crippen molar-refractivity contribution in [2.45, 2.75) is 12.8 Å². The van der Waals surface area contributed by atoms with Gasteiger partial charge in [0, 0.05) is 13.0 Å². The Labute approximate surface area is 186 Å². The summed E-state index contributed by atoms with van der Waals surface area (Å²) in [5.74, 6) is -0.684. The Morgan fingerprint density at radius 3 is 2.83 bits per heavy atom. The van der Waals surface area contributed by atoms with Crippen LogP contribution in [0, 0.1) is 5.82 Å². The van der Waals surface area contributed by atoms with E-state index in [9.17, 15) is 14.0 Å². The van der Waals surface area contributed by atoms with E-state index in [1.54, 1.807) is 6.07 Å². The van der Waals surface area contributed by atoms with Gasteiger partial charge in [0.15, 0.2) is 5.13 Å². The van der Waals surface area contributed by atoms with Crippen LogP contribution in [-0.4, -0.2) is 32.6 Å². The van der Waals surface area contributed by atoms with E-state index in [0.717, 1.165) is 5.56 Å². The molecule has 152 valence electrons. The van der Waals surface area contributed by atoms with Crippen molar-refractivity contribution in [3.8, 4) is 0 Å². The predicted octanol–water partition coefficient (Wildman–Crippen LogP) is 5.06. The lowest BCUT2D eigenvalue weighted by Gasteiger charge is -2.13. The van der Waals surface area contributed by atoms with Gasteiger partial charge in [-0.2, -0.15) is 0 Å². The molecule has 1 fully saturated rings. The molecule has 0 atom stereocenters. The van der Waals surface area contributed by atoms with Gasteiger partial charge in [-0.15, -0.1) is 0 Å². The molecule has 30 heavy (non-hydrogen) atoms. The van der Waals surface area contributed by atoms with Gasteiger partial charge in [-0.05, 0) is 36.3 Å². The first kappa shape index (κ1) is 20.6. The number of halogens is 1. The van der Waals surface area contributed by atoms with E-state index in [1.165, 1.54) is 40.1 Å². The fraction of sp³-hybridized carbons (Fsp3) is 0.143. The van der Waals surface area contributed by atoms with Gasteiger partial charge in [0.05, 0.1) is 15.1 Å². The van der Waals surface area contributed by atoms with E-state index in [4.69, 9.17) is 12.2 Å². The maximum Gasteiger partial charge on any atom is 0.266 e. The maximum atomic E-state index is 13.3. The summed E-state index contributed by atoms with van der Waals surface area (Å²) in [7, 11) is 0. The smallest absolute Gasteiger partial charge is 0.266 e. The van der Waals surface area contributed by atoms with Gasteiger partial charge in [-0.25, -0.2) is 9.37 Å². The zero-order chi connectivity index (χ0) is 21.1. The minimum Gasteiger partial charge on any atom is -0.302 e. The van der Waals surface area contributed by atoms with Crippen molar-refractivity contribution < 1.29 is 14.0 Å². The van der Waals surface area contributed by atoms with Gasteiger partial charge < -0.3 is 5.32 Å². The molecule has 0 spiro atoms. The first-order valence-corrected chi connectivity index (χ1v) is 11.2. The molecular weight excluding hydrogens is 441 g/mol. The Bertz CT molecular complexity index is 1160. The zero-order valence-electron chi connectivity index (χ0n) is 15.6. The number of nitrogens with zero attached hydrogens (tertiary/aromatic N) is 2. The Hall–Kier alpha value is -2.62. The number of thioether (sulfide) groups is 1. The summed E-state index contributed by atoms with van der Waals surface area (Å²) < 4.78 is 14.4. The van der Waals surface area contributed by atoms with Gasteiger partial charge in [0.2, 0.25) is 5.91 Å². The lowest BCUT2D eigenvalue weighted by molar-refractivity contribution is -0.122. The number of carbonyl (C=O) groups excluding carboxylic acids is 2. The standard InChI is InChI=1S/C21H16FN3O2S3/c22-14-8-9-15-16(12-14)29-20(23-15)24-18(26)7-4-10-25-19(27)17(30-21(25)28)11-13-5-2-1-3-6-13/h1-3,5-6,8-9,11-12H,4,7,10H2,(H,23,24,26)/b17-11-. The van der Waals surface area contributed by atoms with Crippen molar-refractivity contribution in [2.75, 3.05) is 11.9 Å². The highest BCUT2D eigenvalue weighted by Gasteiger charge is 2.31. The summed E-state index contributed by atoms with van der Waals surface area (Å²) in [4.78, 5) is 31.2. The zero-order valence-corrected chi connectivity index (χ0v) is 18.1. The fourth-order valence-corrected chi connectivity index (χ4v) is 5.14. The molecule has 1 saturated heterocycles. The fourth-order valence-electron chi connectivity index (χ4n) is 2.92. The van der Waals surface area contributed by atoms with Crippen LogP contribution in [0.15, 0.2) is 53.4 Å². The first-order chi connectivity index (χ1) is 14.5. The van der Waals surface area contributed by atoms with Gasteiger partial charge >= 0.3 is 0 Å². The molecule has 0 unspecified atom stereocenters. The second kappa shape index (κ2) is 9.03. The normalized spacial score (nSPS) is 15.4. The van der Waals surface area contributed by atoms with Gasteiger partial charge in [-0.1, -0.05) is 65.6 Å². The summed E-state index contributed by atoms with van der Waals surface area (Å²) in [5.41, 5.74) is 1.58. The molecule has 3 aromatic rings. The van der Waals surface area contributed by atoms with E-state index >= 15 is 0 Å². The number of fused-ring (bicyclic) bond motifs is 1. The number of thiazole rings is 1. The summed E-state index contributed by atoms with van der Waals surface area (Å²) >= 11 is 7.82. The Morgan fingerprint density at radius 2 is 2.03 bits per heavy atom. The molecule has 2 amide bonds. The Morgan fingerprint density at radius 1 is 1.23 bits per heavy atom. The highest BCUT2D eigenvalue weighted by atomic mass is 32.2. The molecule has 0 bridgehead atoms. The average Bonchev–Trinajstić information content (AvgIpc) is 3.23. The quantitative estimate of drug-likeness (QED) is 0.414. The number of rotatable bonds is 6. The van der Waals surface area contributed by atoms with Gasteiger partial charge in [0.1, 0.15) is 10.1 Å². The molecule has 1 N–H and O–H groups in total. The average molecular weight is 458 g/mol. The number of nitrogens with one attached hydrogen (secondary N) is 1. The molecule has 1 aliphatic rings. The number of aromatic nitrogens is 1. The van der Waals surface area contributed by atoms with Crippen LogP contribution < -0.4 is 5.32 Å². The number of carbonyl (C=O) groups is 2. The second-order valence-corrected chi connectivity index (χ2v) is 9.23.